The number of carboxylic acid groups (broad SMARTS) is 1. The lowest BCUT2D eigenvalue weighted by atomic mass is 10.1. The summed E-state index contributed by atoms with van der Waals surface area (Å²) in [5.41, 5.74) is 1.94. The van der Waals surface area contributed by atoms with Gasteiger partial charge in [-0.3, -0.25) is 14.5 Å². The van der Waals surface area contributed by atoms with Gasteiger partial charge in [0.2, 0.25) is 0 Å². The third-order valence-corrected chi connectivity index (χ3v) is 6.60. The molecule has 1 aliphatic rings. The van der Waals surface area contributed by atoms with Gasteiger partial charge in [-0.15, -0.1) is 0 Å². The van der Waals surface area contributed by atoms with Crippen LogP contribution in [0.4, 0.5) is 0 Å². The molecule has 7 nitrogen and oxygen atoms in total. The number of rotatable bonds is 7. The normalized spacial score (nSPS) is 14.7. The molecule has 172 valence electrons. The van der Waals surface area contributed by atoms with Gasteiger partial charge in [-0.05, 0) is 31.2 Å². The molecule has 3 aromatic rings. The Morgan fingerprint density at radius 3 is 2.53 bits per heavy atom. The lowest BCUT2D eigenvalue weighted by molar-refractivity contribution is -0.122. The van der Waals surface area contributed by atoms with E-state index in [0.717, 1.165) is 17.3 Å². The Bertz CT molecular complexity index is 1340. The van der Waals surface area contributed by atoms with E-state index < -0.39 is 5.97 Å². The summed E-state index contributed by atoms with van der Waals surface area (Å²) in [5.74, 6) is -1.17. The number of aromatic hydroxyl groups is 1. The summed E-state index contributed by atoms with van der Waals surface area (Å²) in [6.45, 7) is 2.13. The summed E-state index contributed by atoms with van der Waals surface area (Å²) in [6, 6.07) is 14.7. The van der Waals surface area contributed by atoms with Crippen LogP contribution in [0.1, 0.15) is 38.5 Å². The highest BCUT2D eigenvalue weighted by Crippen LogP contribution is 2.34. The number of ketones is 1. The van der Waals surface area contributed by atoms with Crippen LogP contribution in [-0.2, 0) is 4.79 Å². The maximum atomic E-state index is 12.8. The Morgan fingerprint density at radius 2 is 1.85 bits per heavy atom. The third-order valence-electron chi connectivity index (χ3n) is 5.22. The van der Waals surface area contributed by atoms with Gasteiger partial charge in [-0.2, -0.15) is 0 Å². The van der Waals surface area contributed by atoms with Crippen LogP contribution in [0.15, 0.2) is 63.9 Å². The number of aromatic carboxylic acids is 1. The van der Waals surface area contributed by atoms with E-state index in [1.165, 1.54) is 23.1 Å². The van der Waals surface area contributed by atoms with Crippen LogP contribution in [0.3, 0.4) is 0 Å². The molecule has 9 heteroatoms. The SMILES string of the molecule is Cc1ccc(C(=O)CCN2C(=O)/C(=C/c3ccc(-c4ccc(C(=O)O)c(O)c4)o3)SC2=S)cc1. The summed E-state index contributed by atoms with van der Waals surface area (Å²) in [6.07, 6.45) is 1.72. The van der Waals surface area contributed by atoms with E-state index in [4.69, 9.17) is 21.7 Å². The predicted molar refractivity (Wildman–Crippen MR) is 133 cm³/mol. The molecule has 1 aromatic heterocycles. The molecule has 2 aromatic carbocycles. The second kappa shape index (κ2) is 9.66. The van der Waals surface area contributed by atoms with Gasteiger partial charge >= 0.3 is 5.97 Å². The molecule has 1 aliphatic heterocycles. The largest absolute Gasteiger partial charge is 0.507 e. The van der Waals surface area contributed by atoms with Crippen LogP contribution in [0.5, 0.6) is 5.75 Å². The molecule has 4 rings (SSSR count). The molecule has 0 bridgehead atoms. The first kappa shape index (κ1) is 23.5. The summed E-state index contributed by atoms with van der Waals surface area (Å²) >= 11 is 6.47. The molecule has 1 saturated heterocycles. The number of phenols is 1. The molecule has 0 radical (unpaired) electrons. The molecular weight excluding hydrogens is 474 g/mol. The zero-order valence-electron chi connectivity index (χ0n) is 18.0. The quantitative estimate of drug-likeness (QED) is 0.265. The van der Waals surface area contributed by atoms with E-state index in [-0.39, 0.29) is 36.0 Å². The second-order valence-corrected chi connectivity index (χ2v) is 9.29. The van der Waals surface area contributed by atoms with E-state index in [1.807, 2.05) is 19.1 Å². The summed E-state index contributed by atoms with van der Waals surface area (Å²) in [4.78, 5) is 38.1. The van der Waals surface area contributed by atoms with Crippen molar-refractivity contribution in [2.45, 2.75) is 13.3 Å². The number of benzene rings is 2. The fourth-order valence-electron chi connectivity index (χ4n) is 3.37. The Morgan fingerprint density at radius 1 is 1.12 bits per heavy atom. The Balaban J connectivity index is 1.45. The van der Waals surface area contributed by atoms with Crippen molar-refractivity contribution in [2.24, 2.45) is 0 Å². The topological polar surface area (TPSA) is 108 Å². The Hall–Kier alpha value is -3.69. The van der Waals surface area contributed by atoms with E-state index in [2.05, 4.69) is 0 Å². The number of nitrogens with zero attached hydrogens (tertiary/aromatic N) is 1. The highest BCUT2D eigenvalue weighted by atomic mass is 32.2. The lowest BCUT2D eigenvalue weighted by Gasteiger charge is -2.13. The molecule has 0 atom stereocenters. The first-order valence-electron chi connectivity index (χ1n) is 10.2. The van der Waals surface area contributed by atoms with Crippen LogP contribution < -0.4 is 0 Å². The van der Waals surface area contributed by atoms with Gasteiger partial charge in [0.15, 0.2) is 5.78 Å². The second-order valence-electron chi connectivity index (χ2n) is 7.61. The lowest BCUT2D eigenvalue weighted by Crippen LogP contribution is -2.30. The predicted octanol–water partition coefficient (Wildman–Crippen LogP) is 5.13. The van der Waals surface area contributed by atoms with Crippen molar-refractivity contribution in [3.63, 3.8) is 0 Å². The summed E-state index contributed by atoms with van der Waals surface area (Å²) in [5, 5.41) is 18.9. The minimum atomic E-state index is -1.23. The van der Waals surface area contributed by atoms with Crippen molar-refractivity contribution in [1.29, 1.82) is 0 Å². The number of carboxylic acids is 1. The molecule has 1 fully saturated rings. The summed E-state index contributed by atoms with van der Waals surface area (Å²) < 4.78 is 6.12. The van der Waals surface area contributed by atoms with Crippen molar-refractivity contribution >= 4 is 52.0 Å². The van der Waals surface area contributed by atoms with E-state index in [9.17, 15) is 19.5 Å². The zero-order chi connectivity index (χ0) is 24.4. The standard InChI is InChI=1S/C25H19NO6S2/c1-14-2-4-15(5-3-14)19(27)10-11-26-23(29)22(34-25(26)33)13-17-7-9-21(32-17)16-6-8-18(24(30)31)20(28)12-16/h2-9,12-13,28H,10-11H2,1H3,(H,30,31)/b22-13-. The fraction of sp³-hybridized carbons (Fsp3) is 0.120. The first-order valence-corrected chi connectivity index (χ1v) is 11.5. The minimum Gasteiger partial charge on any atom is -0.507 e. The van der Waals surface area contributed by atoms with Crippen LogP contribution >= 0.6 is 24.0 Å². The first-order chi connectivity index (χ1) is 16.2. The van der Waals surface area contributed by atoms with Crippen LogP contribution in [0.2, 0.25) is 0 Å². The van der Waals surface area contributed by atoms with Crippen molar-refractivity contribution in [3.8, 4) is 17.1 Å². The minimum absolute atomic E-state index is 0.0640. The maximum Gasteiger partial charge on any atom is 0.339 e. The number of carbonyl (C=O) groups is 3. The molecule has 1 amide bonds. The number of furan rings is 1. The van der Waals surface area contributed by atoms with Gasteiger partial charge in [0.25, 0.3) is 5.91 Å². The summed E-state index contributed by atoms with van der Waals surface area (Å²) in [7, 11) is 0. The number of thiocarbonyl (C=S) groups is 1. The van der Waals surface area contributed by atoms with Crippen molar-refractivity contribution in [1.82, 2.24) is 4.90 Å². The smallest absolute Gasteiger partial charge is 0.339 e. The molecule has 2 heterocycles. The van der Waals surface area contributed by atoms with Gasteiger partial charge in [-0.25, -0.2) is 4.79 Å². The number of amides is 1. The van der Waals surface area contributed by atoms with Crippen molar-refractivity contribution in [3.05, 3.63) is 82.0 Å². The van der Waals surface area contributed by atoms with Crippen LogP contribution in [-0.4, -0.2) is 43.6 Å². The number of hydrogen-bond donors (Lipinski definition) is 2. The Kier molecular flexibility index (Phi) is 6.67. The number of hydrogen-bond acceptors (Lipinski definition) is 7. The van der Waals surface area contributed by atoms with Gasteiger partial charge in [0.05, 0.1) is 4.91 Å². The highest BCUT2D eigenvalue weighted by Gasteiger charge is 2.32. The van der Waals surface area contributed by atoms with E-state index in [0.29, 0.717) is 31.9 Å². The molecule has 2 N–H and O–H groups in total. The van der Waals surface area contributed by atoms with Gasteiger partial charge < -0.3 is 14.6 Å². The van der Waals surface area contributed by atoms with Gasteiger partial charge in [0, 0.05) is 30.2 Å². The van der Waals surface area contributed by atoms with Crippen molar-refractivity contribution in [2.75, 3.05) is 6.54 Å². The molecule has 0 spiro atoms. The molecular formula is C25H19NO6S2. The number of Topliss-reactive ketones (excluding diaryl/α,β-unsaturated/α-hetero) is 1. The maximum absolute atomic E-state index is 12.8. The average Bonchev–Trinajstić information content (AvgIpc) is 3.37. The van der Waals surface area contributed by atoms with Crippen molar-refractivity contribution < 1.29 is 29.0 Å². The molecule has 34 heavy (non-hydrogen) atoms. The zero-order valence-corrected chi connectivity index (χ0v) is 19.6. The number of aryl methyl sites for hydroxylation is 1. The van der Waals surface area contributed by atoms with Gasteiger partial charge in [-0.1, -0.05) is 59.9 Å². The van der Waals surface area contributed by atoms with Crippen LogP contribution in [0.25, 0.3) is 17.4 Å². The average molecular weight is 494 g/mol. The highest BCUT2D eigenvalue weighted by molar-refractivity contribution is 8.26. The number of carbonyl (C=O) groups excluding carboxylic acids is 2. The van der Waals surface area contributed by atoms with E-state index in [1.54, 1.807) is 30.3 Å². The van der Waals surface area contributed by atoms with E-state index >= 15 is 0 Å². The fourth-order valence-corrected chi connectivity index (χ4v) is 4.66. The molecule has 0 saturated carbocycles. The third kappa shape index (κ3) is 4.95. The van der Waals surface area contributed by atoms with Crippen LogP contribution in [0, 0.1) is 6.92 Å². The number of thioether (sulfide) groups is 1. The molecule has 0 unspecified atom stereocenters. The van der Waals surface area contributed by atoms with Gasteiger partial charge in [0.1, 0.15) is 27.2 Å². The molecule has 0 aliphatic carbocycles. The Labute approximate surface area is 204 Å². The monoisotopic (exact) mass is 493 g/mol.